The molecule has 1 aromatic rings. The fourth-order valence-corrected chi connectivity index (χ4v) is 4.19. The van der Waals surface area contributed by atoms with E-state index in [1.807, 2.05) is 11.8 Å². The summed E-state index contributed by atoms with van der Waals surface area (Å²) in [4.78, 5) is 16.8. The maximum Gasteiger partial charge on any atom is 0.265 e. The van der Waals surface area contributed by atoms with Crippen LogP contribution >= 0.6 is 23.1 Å². The number of hydrogen-bond donors (Lipinski definition) is 3. The summed E-state index contributed by atoms with van der Waals surface area (Å²) in [6, 6.07) is 0.274. The number of carbonyl (C=O) groups is 1. The molecule has 1 aliphatic carbocycles. The van der Waals surface area contributed by atoms with Crippen LogP contribution in [0.15, 0.2) is 0 Å². The van der Waals surface area contributed by atoms with Gasteiger partial charge in [0.2, 0.25) is 0 Å². The van der Waals surface area contributed by atoms with Gasteiger partial charge in [-0.3, -0.25) is 4.79 Å². The van der Waals surface area contributed by atoms with Gasteiger partial charge in [-0.05, 0) is 25.0 Å². The van der Waals surface area contributed by atoms with Crippen LogP contribution in [0.25, 0.3) is 0 Å². The minimum atomic E-state index is -0.0938. The number of aromatic nitrogens is 1. The van der Waals surface area contributed by atoms with Crippen molar-refractivity contribution in [1.29, 1.82) is 0 Å². The topological polar surface area (TPSA) is 80.0 Å². The third kappa shape index (κ3) is 3.54. The summed E-state index contributed by atoms with van der Waals surface area (Å²) in [6.45, 7) is 2.17. The summed E-state index contributed by atoms with van der Waals surface area (Å²) >= 11 is 3.28. The Balaban J connectivity index is 1.92. The molecule has 1 fully saturated rings. The fourth-order valence-electron chi connectivity index (χ4n) is 2.31. The standard InChI is InChI=1S/C12H20N4OS2/c1-3-18-8-5-4-7(6-8)15-11(17)9-10(13)16-12(14-2)19-9/h7-8H,3-6,13H2,1-2H3,(H,14,16)(H,15,17). The number of thioether (sulfide) groups is 1. The molecule has 2 atom stereocenters. The molecule has 1 amide bonds. The van der Waals surface area contributed by atoms with Crippen molar-refractivity contribution >= 4 is 40.0 Å². The zero-order valence-corrected chi connectivity index (χ0v) is 12.9. The molecule has 1 aromatic heterocycles. The van der Waals surface area contributed by atoms with Crippen molar-refractivity contribution in [2.45, 2.75) is 37.5 Å². The zero-order chi connectivity index (χ0) is 13.8. The maximum atomic E-state index is 12.2. The van der Waals surface area contributed by atoms with Gasteiger partial charge in [-0.15, -0.1) is 0 Å². The van der Waals surface area contributed by atoms with Gasteiger partial charge in [-0.2, -0.15) is 11.8 Å². The van der Waals surface area contributed by atoms with Crippen molar-refractivity contribution in [1.82, 2.24) is 10.3 Å². The van der Waals surface area contributed by atoms with E-state index in [2.05, 4.69) is 22.5 Å². The number of carbonyl (C=O) groups excluding carboxylic acids is 1. The first kappa shape index (κ1) is 14.5. The van der Waals surface area contributed by atoms with Crippen LogP contribution in [0, 0.1) is 0 Å². The largest absolute Gasteiger partial charge is 0.382 e. The molecule has 0 saturated heterocycles. The van der Waals surface area contributed by atoms with E-state index >= 15 is 0 Å². The molecular formula is C12H20N4OS2. The Morgan fingerprint density at radius 3 is 3.00 bits per heavy atom. The van der Waals surface area contributed by atoms with Crippen LogP contribution in [0.3, 0.4) is 0 Å². The number of rotatable bonds is 5. The molecule has 0 bridgehead atoms. The van der Waals surface area contributed by atoms with Gasteiger partial charge in [0.1, 0.15) is 10.7 Å². The quantitative estimate of drug-likeness (QED) is 0.776. The highest BCUT2D eigenvalue weighted by atomic mass is 32.2. The molecule has 1 aliphatic rings. The lowest BCUT2D eigenvalue weighted by Gasteiger charge is -2.12. The number of nitrogens with two attached hydrogens (primary N) is 1. The van der Waals surface area contributed by atoms with Gasteiger partial charge in [-0.1, -0.05) is 18.3 Å². The van der Waals surface area contributed by atoms with Crippen molar-refractivity contribution in [3.63, 3.8) is 0 Å². The van der Waals surface area contributed by atoms with E-state index in [0.717, 1.165) is 18.6 Å². The van der Waals surface area contributed by atoms with Gasteiger partial charge in [0.25, 0.3) is 5.91 Å². The molecule has 0 spiro atoms. The van der Waals surface area contributed by atoms with Crippen LogP contribution in [0.2, 0.25) is 0 Å². The normalized spacial score (nSPS) is 22.4. The third-order valence-electron chi connectivity index (χ3n) is 3.20. The average Bonchev–Trinajstić information content (AvgIpc) is 2.96. The Hall–Kier alpha value is -0.950. The van der Waals surface area contributed by atoms with E-state index in [4.69, 9.17) is 5.73 Å². The van der Waals surface area contributed by atoms with E-state index in [1.54, 1.807) is 7.05 Å². The van der Waals surface area contributed by atoms with Gasteiger partial charge in [0, 0.05) is 18.3 Å². The van der Waals surface area contributed by atoms with Gasteiger partial charge in [0.05, 0.1) is 0 Å². The number of hydrogen-bond acceptors (Lipinski definition) is 6. The number of amides is 1. The van der Waals surface area contributed by atoms with Crippen LogP contribution in [-0.4, -0.2) is 35.0 Å². The Morgan fingerprint density at radius 2 is 2.37 bits per heavy atom. The number of nitrogens with zero attached hydrogens (tertiary/aromatic N) is 1. The lowest BCUT2D eigenvalue weighted by atomic mass is 10.2. The van der Waals surface area contributed by atoms with Crippen LogP contribution in [0.1, 0.15) is 35.9 Å². The molecule has 2 rings (SSSR count). The van der Waals surface area contributed by atoms with E-state index < -0.39 is 0 Å². The number of anilines is 2. The summed E-state index contributed by atoms with van der Waals surface area (Å²) in [5.41, 5.74) is 5.76. The molecule has 4 N–H and O–H groups in total. The smallest absolute Gasteiger partial charge is 0.265 e. The molecule has 19 heavy (non-hydrogen) atoms. The highest BCUT2D eigenvalue weighted by Gasteiger charge is 2.27. The van der Waals surface area contributed by atoms with E-state index in [1.165, 1.54) is 17.8 Å². The van der Waals surface area contributed by atoms with E-state index in [9.17, 15) is 4.79 Å². The maximum absolute atomic E-state index is 12.2. The number of nitrogens with one attached hydrogen (secondary N) is 2. The second-order valence-corrected chi connectivity index (χ2v) is 7.12. The van der Waals surface area contributed by atoms with Crippen molar-refractivity contribution < 1.29 is 4.79 Å². The minimum absolute atomic E-state index is 0.0938. The molecule has 0 radical (unpaired) electrons. The molecule has 5 nitrogen and oxygen atoms in total. The Morgan fingerprint density at radius 1 is 1.58 bits per heavy atom. The van der Waals surface area contributed by atoms with Crippen LogP contribution in [-0.2, 0) is 0 Å². The van der Waals surface area contributed by atoms with E-state index in [-0.39, 0.29) is 11.9 Å². The minimum Gasteiger partial charge on any atom is -0.382 e. The highest BCUT2D eigenvalue weighted by molar-refractivity contribution is 7.99. The lowest BCUT2D eigenvalue weighted by Crippen LogP contribution is -2.33. The van der Waals surface area contributed by atoms with Crippen molar-refractivity contribution in [2.24, 2.45) is 0 Å². The predicted molar refractivity (Wildman–Crippen MR) is 83.1 cm³/mol. The predicted octanol–water partition coefficient (Wildman–Crippen LogP) is 2.17. The average molecular weight is 300 g/mol. The summed E-state index contributed by atoms with van der Waals surface area (Å²) in [5.74, 6) is 1.35. The monoisotopic (exact) mass is 300 g/mol. The van der Waals surface area contributed by atoms with Gasteiger partial charge < -0.3 is 16.4 Å². The molecule has 1 heterocycles. The number of nitrogen functional groups attached to an aromatic ring is 1. The SMILES string of the molecule is CCSC1CCC(NC(=O)c2sc(NC)nc2N)C1. The van der Waals surface area contributed by atoms with Crippen molar-refractivity contribution in [3.05, 3.63) is 4.88 Å². The lowest BCUT2D eigenvalue weighted by molar-refractivity contribution is 0.0943. The molecule has 0 aliphatic heterocycles. The van der Waals surface area contributed by atoms with Crippen LogP contribution in [0.5, 0.6) is 0 Å². The fraction of sp³-hybridized carbons (Fsp3) is 0.667. The summed E-state index contributed by atoms with van der Waals surface area (Å²) < 4.78 is 0. The zero-order valence-electron chi connectivity index (χ0n) is 11.2. The van der Waals surface area contributed by atoms with E-state index in [0.29, 0.717) is 21.1 Å². The third-order valence-corrected chi connectivity index (χ3v) is 5.52. The van der Waals surface area contributed by atoms with Gasteiger partial charge in [-0.25, -0.2) is 4.98 Å². The second kappa shape index (κ2) is 6.47. The molecule has 1 saturated carbocycles. The Kier molecular flexibility index (Phi) is 4.93. The molecule has 7 heteroatoms. The van der Waals surface area contributed by atoms with Crippen molar-refractivity contribution in [2.75, 3.05) is 23.9 Å². The first-order valence-electron chi connectivity index (χ1n) is 6.50. The summed E-state index contributed by atoms with van der Waals surface area (Å²) in [5, 5.41) is 7.33. The molecule has 0 aromatic carbocycles. The molecular weight excluding hydrogens is 280 g/mol. The number of thiazole rings is 1. The van der Waals surface area contributed by atoms with Crippen LogP contribution < -0.4 is 16.4 Å². The van der Waals surface area contributed by atoms with Gasteiger partial charge >= 0.3 is 0 Å². The second-order valence-electron chi connectivity index (χ2n) is 4.54. The van der Waals surface area contributed by atoms with Crippen LogP contribution in [0.4, 0.5) is 10.9 Å². The Labute approximate surface area is 121 Å². The molecule has 106 valence electrons. The first-order valence-corrected chi connectivity index (χ1v) is 8.37. The molecule has 2 unspecified atom stereocenters. The van der Waals surface area contributed by atoms with Gasteiger partial charge in [0.15, 0.2) is 5.13 Å². The summed E-state index contributed by atoms with van der Waals surface area (Å²) in [7, 11) is 1.77. The highest BCUT2D eigenvalue weighted by Crippen LogP contribution is 2.30. The first-order chi connectivity index (χ1) is 9.13. The van der Waals surface area contributed by atoms with Crippen molar-refractivity contribution in [3.8, 4) is 0 Å². The summed E-state index contributed by atoms with van der Waals surface area (Å²) in [6.07, 6.45) is 3.30. The Bertz CT molecular complexity index is 449.